The molecule has 0 saturated heterocycles. The monoisotopic (exact) mass is 232 g/mol. The van der Waals surface area contributed by atoms with Crippen LogP contribution in [0.3, 0.4) is 0 Å². The zero-order valence-corrected chi connectivity index (χ0v) is 8.14. The smallest absolute Gasteiger partial charge is 0.383 e. The number of anilines is 1. The Morgan fingerprint density at radius 1 is 1.33 bits per heavy atom. The number of rotatable bonds is 0. The fourth-order valence-corrected chi connectivity index (χ4v) is 0.892. The molecule has 2 rings (SSSR count). The number of nitrogens with zero attached hydrogens (tertiary/aromatic N) is 2. The van der Waals surface area contributed by atoms with Crippen LogP contribution in [0.4, 0.5) is 5.82 Å². The van der Waals surface area contributed by atoms with Crippen LogP contribution in [0.1, 0.15) is 0 Å². The summed E-state index contributed by atoms with van der Waals surface area (Å²) in [6, 6.07) is 1.85. The van der Waals surface area contributed by atoms with Crippen molar-refractivity contribution in [2.24, 2.45) is 0 Å². The number of H-pyrrole nitrogens is 1. The van der Waals surface area contributed by atoms with Gasteiger partial charge in [0.1, 0.15) is 17.8 Å². The van der Waals surface area contributed by atoms with Crippen LogP contribution >= 0.6 is 0 Å². The highest BCUT2D eigenvalue weighted by molar-refractivity contribution is 7.79. The fourth-order valence-electron chi connectivity index (χ4n) is 0.892. The van der Waals surface area contributed by atoms with Crippen molar-refractivity contribution in [1.82, 2.24) is 15.0 Å². The third-order valence-electron chi connectivity index (χ3n) is 1.38. The highest BCUT2D eigenvalue weighted by atomic mass is 32.3. The third-order valence-corrected chi connectivity index (χ3v) is 1.38. The van der Waals surface area contributed by atoms with Gasteiger partial charge in [0.15, 0.2) is 0 Å². The van der Waals surface area contributed by atoms with Crippen LogP contribution in [0.5, 0.6) is 0 Å². The first kappa shape index (κ1) is 11.4. The Labute approximate surface area is 84.7 Å². The molecular formula is C6H8N4O4S. The van der Waals surface area contributed by atoms with Gasteiger partial charge < -0.3 is 10.7 Å². The molecular weight excluding hydrogens is 224 g/mol. The molecule has 9 heteroatoms. The van der Waals surface area contributed by atoms with Crippen molar-refractivity contribution in [1.29, 1.82) is 0 Å². The van der Waals surface area contributed by atoms with E-state index in [2.05, 4.69) is 15.0 Å². The zero-order valence-electron chi connectivity index (χ0n) is 7.32. The number of aromatic nitrogens is 3. The molecule has 0 atom stereocenters. The molecule has 0 unspecified atom stereocenters. The van der Waals surface area contributed by atoms with Gasteiger partial charge in [0, 0.05) is 6.20 Å². The summed E-state index contributed by atoms with van der Waals surface area (Å²) in [5.74, 6) is 0.520. The lowest BCUT2D eigenvalue weighted by Crippen LogP contribution is -1.90. The van der Waals surface area contributed by atoms with E-state index in [-0.39, 0.29) is 0 Å². The number of hydrogen-bond acceptors (Lipinski definition) is 5. The first-order valence-electron chi connectivity index (χ1n) is 3.61. The molecule has 8 nitrogen and oxygen atoms in total. The maximum Gasteiger partial charge on any atom is 0.394 e. The molecule has 2 aromatic rings. The van der Waals surface area contributed by atoms with Crippen molar-refractivity contribution in [3.8, 4) is 0 Å². The van der Waals surface area contributed by atoms with Gasteiger partial charge >= 0.3 is 10.4 Å². The summed E-state index contributed by atoms with van der Waals surface area (Å²) in [5, 5.41) is 0.877. The summed E-state index contributed by atoms with van der Waals surface area (Å²) in [4.78, 5) is 10.7. The van der Waals surface area contributed by atoms with Crippen LogP contribution in [0.25, 0.3) is 11.0 Å². The van der Waals surface area contributed by atoms with Crippen molar-refractivity contribution in [3.05, 3.63) is 18.6 Å². The predicted molar refractivity (Wildman–Crippen MR) is 52.5 cm³/mol. The maximum absolute atomic E-state index is 8.74. The van der Waals surface area contributed by atoms with Crippen LogP contribution in [-0.2, 0) is 10.4 Å². The van der Waals surface area contributed by atoms with E-state index in [4.69, 9.17) is 23.3 Å². The summed E-state index contributed by atoms with van der Waals surface area (Å²) in [6.07, 6.45) is 3.23. The number of nitrogen functional groups attached to an aromatic ring is 1. The Kier molecular flexibility index (Phi) is 3.19. The molecule has 0 amide bonds. The zero-order chi connectivity index (χ0) is 11.5. The van der Waals surface area contributed by atoms with Gasteiger partial charge in [-0.15, -0.1) is 0 Å². The van der Waals surface area contributed by atoms with Crippen molar-refractivity contribution in [2.75, 3.05) is 5.73 Å². The van der Waals surface area contributed by atoms with Crippen LogP contribution < -0.4 is 5.73 Å². The minimum atomic E-state index is -4.67. The van der Waals surface area contributed by atoms with Gasteiger partial charge in [0.05, 0.1) is 5.39 Å². The molecule has 0 spiro atoms. The van der Waals surface area contributed by atoms with Gasteiger partial charge in [0.2, 0.25) is 0 Å². The molecule has 0 saturated carbocycles. The average Bonchev–Trinajstić information content (AvgIpc) is 2.49. The van der Waals surface area contributed by atoms with Crippen LogP contribution in [-0.4, -0.2) is 32.5 Å². The molecule has 0 radical (unpaired) electrons. The van der Waals surface area contributed by atoms with E-state index in [9.17, 15) is 0 Å². The highest BCUT2D eigenvalue weighted by Gasteiger charge is 1.97. The Bertz CT molecular complexity index is 541. The lowest BCUT2D eigenvalue weighted by molar-refractivity contribution is 0.381. The summed E-state index contributed by atoms with van der Waals surface area (Å²) >= 11 is 0. The molecule has 82 valence electrons. The number of nitrogens with one attached hydrogen (secondary N) is 1. The minimum Gasteiger partial charge on any atom is -0.383 e. The summed E-state index contributed by atoms with van der Waals surface area (Å²) < 4.78 is 31.6. The van der Waals surface area contributed by atoms with E-state index >= 15 is 0 Å². The molecule has 15 heavy (non-hydrogen) atoms. The Morgan fingerprint density at radius 3 is 2.47 bits per heavy atom. The van der Waals surface area contributed by atoms with E-state index < -0.39 is 10.4 Å². The van der Waals surface area contributed by atoms with E-state index in [1.165, 1.54) is 6.33 Å². The lowest BCUT2D eigenvalue weighted by Gasteiger charge is -1.90. The summed E-state index contributed by atoms with van der Waals surface area (Å²) in [6.45, 7) is 0. The first-order valence-corrected chi connectivity index (χ1v) is 5.01. The van der Waals surface area contributed by atoms with Crippen LogP contribution in [0, 0.1) is 0 Å². The van der Waals surface area contributed by atoms with Gasteiger partial charge in [-0.05, 0) is 6.07 Å². The molecule has 0 fully saturated rings. The van der Waals surface area contributed by atoms with E-state index in [0.29, 0.717) is 5.82 Å². The standard InChI is InChI=1S/C6H6N4.H2O4S/c7-5-4-1-2-8-6(4)10-3-9-5;1-5(2,3)4/h1-3H,(H3,7,8,9,10);(H2,1,2,3,4). The normalized spacial score (nSPS) is 10.8. The Balaban J connectivity index is 0.000000195. The largest absolute Gasteiger partial charge is 0.394 e. The minimum absolute atomic E-state index is 0.520. The van der Waals surface area contributed by atoms with Crippen LogP contribution in [0.2, 0.25) is 0 Å². The molecule has 2 aromatic heterocycles. The Morgan fingerprint density at radius 2 is 1.93 bits per heavy atom. The quantitative estimate of drug-likeness (QED) is 0.464. The van der Waals surface area contributed by atoms with Gasteiger partial charge in [-0.25, -0.2) is 9.97 Å². The van der Waals surface area contributed by atoms with Gasteiger partial charge in [0.25, 0.3) is 0 Å². The molecule has 0 aliphatic rings. The second-order valence-corrected chi connectivity index (χ2v) is 3.34. The summed E-state index contributed by atoms with van der Waals surface area (Å²) in [7, 11) is -4.67. The van der Waals surface area contributed by atoms with E-state index in [0.717, 1.165) is 11.0 Å². The number of hydrogen-bond donors (Lipinski definition) is 4. The van der Waals surface area contributed by atoms with Crippen molar-refractivity contribution in [2.45, 2.75) is 0 Å². The van der Waals surface area contributed by atoms with Gasteiger partial charge in [-0.3, -0.25) is 9.11 Å². The number of nitrogens with two attached hydrogens (primary N) is 1. The topological polar surface area (TPSA) is 142 Å². The molecule has 0 aliphatic carbocycles. The van der Waals surface area contributed by atoms with Crippen molar-refractivity contribution < 1.29 is 17.5 Å². The van der Waals surface area contributed by atoms with Gasteiger partial charge in [-0.1, -0.05) is 0 Å². The molecule has 0 aromatic carbocycles. The van der Waals surface area contributed by atoms with Crippen molar-refractivity contribution >= 4 is 27.3 Å². The van der Waals surface area contributed by atoms with E-state index in [1.807, 2.05) is 6.07 Å². The molecule has 0 bridgehead atoms. The molecule has 0 aliphatic heterocycles. The summed E-state index contributed by atoms with van der Waals surface area (Å²) in [5.41, 5.74) is 6.31. The second-order valence-electron chi connectivity index (χ2n) is 2.45. The SMILES string of the molecule is Nc1ncnc2[nH]ccc12.O=S(=O)(O)O. The average molecular weight is 232 g/mol. The maximum atomic E-state index is 8.74. The van der Waals surface area contributed by atoms with E-state index in [1.54, 1.807) is 6.20 Å². The fraction of sp³-hybridized carbons (Fsp3) is 0. The molecule has 2 heterocycles. The third kappa shape index (κ3) is 3.89. The molecule has 5 N–H and O–H groups in total. The Hall–Kier alpha value is -1.71. The van der Waals surface area contributed by atoms with Crippen molar-refractivity contribution in [3.63, 3.8) is 0 Å². The first-order chi connectivity index (χ1) is 6.88. The number of aromatic amines is 1. The lowest BCUT2D eigenvalue weighted by atomic mass is 10.4. The predicted octanol–water partition coefficient (Wildman–Crippen LogP) is -0.113. The van der Waals surface area contributed by atoms with Crippen LogP contribution in [0.15, 0.2) is 18.6 Å². The second kappa shape index (κ2) is 4.21. The number of fused-ring (bicyclic) bond motifs is 1. The van der Waals surface area contributed by atoms with Gasteiger partial charge in [-0.2, -0.15) is 8.42 Å². The highest BCUT2D eigenvalue weighted by Crippen LogP contribution is 2.12.